The van der Waals surface area contributed by atoms with Crippen molar-refractivity contribution in [2.45, 2.75) is 25.0 Å². The molecule has 0 spiro atoms. The van der Waals surface area contributed by atoms with Gasteiger partial charge in [-0.15, -0.1) is 0 Å². The molecule has 2 aromatic rings. The highest BCUT2D eigenvalue weighted by atomic mass is 16.5. The Kier molecular flexibility index (Phi) is 3.26. The third kappa shape index (κ3) is 2.00. The summed E-state index contributed by atoms with van der Waals surface area (Å²) >= 11 is 0. The molecule has 1 aliphatic rings. The molecule has 1 aromatic carbocycles. The molecule has 0 aliphatic carbocycles. The summed E-state index contributed by atoms with van der Waals surface area (Å²) in [5.74, 6) is 0. The zero-order valence-electron chi connectivity index (χ0n) is 10.6. The summed E-state index contributed by atoms with van der Waals surface area (Å²) in [6, 6.07) is 8.74. The van der Waals surface area contributed by atoms with Gasteiger partial charge in [-0.1, -0.05) is 18.2 Å². The summed E-state index contributed by atoms with van der Waals surface area (Å²) in [6.45, 7) is 0.884. The molecule has 2 atom stereocenters. The first-order valence-electron chi connectivity index (χ1n) is 6.51. The summed E-state index contributed by atoms with van der Waals surface area (Å²) in [5, 5.41) is 5.86. The summed E-state index contributed by atoms with van der Waals surface area (Å²) in [5.41, 5.74) is 1.31. The molecule has 0 bridgehead atoms. The minimum Gasteiger partial charge on any atom is -0.376 e. The molecule has 1 fully saturated rings. The van der Waals surface area contributed by atoms with Crippen molar-refractivity contribution >= 4 is 10.8 Å². The van der Waals surface area contributed by atoms with Crippen molar-refractivity contribution in [1.82, 2.24) is 10.3 Å². The molecule has 3 nitrogen and oxygen atoms in total. The lowest BCUT2D eigenvalue weighted by molar-refractivity contribution is 0.0812. The van der Waals surface area contributed by atoms with E-state index in [-0.39, 0.29) is 12.1 Å². The van der Waals surface area contributed by atoms with E-state index in [1.807, 2.05) is 19.4 Å². The monoisotopic (exact) mass is 242 g/mol. The number of fused-ring (bicyclic) bond motifs is 1. The molecule has 1 aromatic heterocycles. The van der Waals surface area contributed by atoms with Gasteiger partial charge in [0, 0.05) is 24.4 Å². The summed E-state index contributed by atoms with van der Waals surface area (Å²) in [7, 11) is 2.01. The van der Waals surface area contributed by atoms with E-state index in [2.05, 4.69) is 34.6 Å². The third-order valence-electron chi connectivity index (χ3n) is 3.70. The van der Waals surface area contributed by atoms with E-state index in [1.165, 1.54) is 16.3 Å². The summed E-state index contributed by atoms with van der Waals surface area (Å²) < 4.78 is 5.83. The second-order valence-corrected chi connectivity index (χ2v) is 4.76. The van der Waals surface area contributed by atoms with Crippen molar-refractivity contribution in [1.29, 1.82) is 0 Å². The van der Waals surface area contributed by atoms with Crippen LogP contribution in [0, 0.1) is 0 Å². The average Bonchev–Trinajstić information content (AvgIpc) is 2.94. The zero-order chi connectivity index (χ0) is 12.4. The number of rotatable bonds is 3. The van der Waals surface area contributed by atoms with Crippen molar-refractivity contribution in [2.24, 2.45) is 0 Å². The quantitative estimate of drug-likeness (QED) is 0.898. The van der Waals surface area contributed by atoms with E-state index in [0.29, 0.717) is 0 Å². The molecule has 0 amide bonds. The number of ether oxygens (including phenoxy) is 1. The van der Waals surface area contributed by atoms with E-state index >= 15 is 0 Å². The van der Waals surface area contributed by atoms with Crippen LogP contribution in [0.5, 0.6) is 0 Å². The maximum atomic E-state index is 5.83. The number of nitrogens with zero attached hydrogens (tertiary/aromatic N) is 1. The van der Waals surface area contributed by atoms with Crippen LogP contribution in [0.2, 0.25) is 0 Å². The second-order valence-electron chi connectivity index (χ2n) is 4.76. The van der Waals surface area contributed by atoms with Gasteiger partial charge in [-0.25, -0.2) is 0 Å². The fourth-order valence-electron chi connectivity index (χ4n) is 2.83. The SMILES string of the molecule is CNC(c1cccc2cnccc12)C1CCCO1. The predicted molar refractivity (Wildman–Crippen MR) is 72.5 cm³/mol. The molecular formula is C15H18N2O. The smallest absolute Gasteiger partial charge is 0.0770 e. The molecule has 3 rings (SSSR count). The van der Waals surface area contributed by atoms with E-state index < -0.39 is 0 Å². The minimum atomic E-state index is 0.263. The van der Waals surface area contributed by atoms with Gasteiger partial charge in [-0.05, 0) is 36.9 Å². The lowest BCUT2D eigenvalue weighted by atomic mass is 9.95. The second kappa shape index (κ2) is 5.04. The maximum Gasteiger partial charge on any atom is 0.0770 e. The maximum absolute atomic E-state index is 5.83. The van der Waals surface area contributed by atoms with Crippen LogP contribution in [-0.4, -0.2) is 24.7 Å². The van der Waals surface area contributed by atoms with E-state index in [0.717, 1.165) is 19.4 Å². The topological polar surface area (TPSA) is 34.2 Å². The van der Waals surface area contributed by atoms with Gasteiger partial charge in [-0.2, -0.15) is 0 Å². The van der Waals surface area contributed by atoms with Gasteiger partial charge in [0.25, 0.3) is 0 Å². The molecule has 0 radical (unpaired) electrons. The number of hydrogen-bond donors (Lipinski definition) is 1. The molecule has 94 valence electrons. The van der Waals surface area contributed by atoms with Crippen LogP contribution >= 0.6 is 0 Å². The first kappa shape index (κ1) is 11.6. The van der Waals surface area contributed by atoms with Crippen molar-refractivity contribution in [3.63, 3.8) is 0 Å². The van der Waals surface area contributed by atoms with Crippen LogP contribution in [0.15, 0.2) is 36.7 Å². The Morgan fingerprint density at radius 3 is 3.11 bits per heavy atom. The van der Waals surface area contributed by atoms with Crippen LogP contribution in [-0.2, 0) is 4.74 Å². The number of likely N-dealkylation sites (N-methyl/N-ethyl adjacent to an activating group) is 1. The van der Waals surface area contributed by atoms with Gasteiger partial charge in [0.05, 0.1) is 12.1 Å². The van der Waals surface area contributed by atoms with Gasteiger partial charge < -0.3 is 10.1 Å². The Bertz CT molecular complexity index is 530. The fourth-order valence-corrected chi connectivity index (χ4v) is 2.83. The highest BCUT2D eigenvalue weighted by molar-refractivity contribution is 5.85. The predicted octanol–water partition coefficient (Wildman–Crippen LogP) is 2.67. The molecular weight excluding hydrogens is 224 g/mol. The fraction of sp³-hybridized carbons (Fsp3) is 0.400. The molecule has 2 unspecified atom stereocenters. The van der Waals surface area contributed by atoms with Crippen molar-refractivity contribution in [3.8, 4) is 0 Å². The Balaban J connectivity index is 2.06. The largest absolute Gasteiger partial charge is 0.376 e. The van der Waals surface area contributed by atoms with Gasteiger partial charge >= 0.3 is 0 Å². The summed E-state index contributed by atoms with van der Waals surface area (Å²) in [6.07, 6.45) is 6.35. The van der Waals surface area contributed by atoms with Crippen LogP contribution in [0.4, 0.5) is 0 Å². The molecule has 0 saturated carbocycles. The molecule has 3 heteroatoms. The Hall–Kier alpha value is -1.45. The molecule has 1 N–H and O–H groups in total. The van der Waals surface area contributed by atoms with E-state index in [1.54, 1.807) is 0 Å². The van der Waals surface area contributed by atoms with Crippen LogP contribution in [0.3, 0.4) is 0 Å². The molecule has 1 saturated heterocycles. The normalized spacial score (nSPS) is 21.3. The van der Waals surface area contributed by atoms with Crippen LogP contribution in [0.25, 0.3) is 10.8 Å². The third-order valence-corrected chi connectivity index (χ3v) is 3.70. The zero-order valence-corrected chi connectivity index (χ0v) is 10.6. The van der Waals surface area contributed by atoms with Gasteiger partial charge in [0.1, 0.15) is 0 Å². The van der Waals surface area contributed by atoms with Gasteiger partial charge in [0.15, 0.2) is 0 Å². The minimum absolute atomic E-state index is 0.263. The number of nitrogens with one attached hydrogen (secondary N) is 1. The highest BCUT2D eigenvalue weighted by Gasteiger charge is 2.26. The average molecular weight is 242 g/mol. The lowest BCUT2D eigenvalue weighted by Gasteiger charge is -2.24. The Morgan fingerprint density at radius 2 is 2.33 bits per heavy atom. The van der Waals surface area contributed by atoms with E-state index in [9.17, 15) is 0 Å². The first-order chi connectivity index (χ1) is 8.90. The van der Waals surface area contributed by atoms with Crippen LogP contribution in [0.1, 0.15) is 24.4 Å². The lowest BCUT2D eigenvalue weighted by Crippen LogP contribution is -2.29. The number of pyridine rings is 1. The van der Waals surface area contributed by atoms with Gasteiger partial charge in [-0.3, -0.25) is 4.98 Å². The standard InChI is InChI=1S/C15H18N2O/c1-16-15(14-6-3-9-18-14)13-5-2-4-11-10-17-8-7-12(11)13/h2,4-5,7-8,10,14-16H,3,6,9H2,1H3. The van der Waals surface area contributed by atoms with Crippen LogP contribution < -0.4 is 5.32 Å². The van der Waals surface area contributed by atoms with Crippen molar-refractivity contribution in [3.05, 3.63) is 42.2 Å². The number of aromatic nitrogens is 1. The first-order valence-corrected chi connectivity index (χ1v) is 6.51. The Labute approximate surface area is 107 Å². The molecule has 2 heterocycles. The van der Waals surface area contributed by atoms with Crippen molar-refractivity contribution in [2.75, 3.05) is 13.7 Å². The van der Waals surface area contributed by atoms with Gasteiger partial charge in [0.2, 0.25) is 0 Å². The Morgan fingerprint density at radius 1 is 1.39 bits per heavy atom. The van der Waals surface area contributed by atoms with E-state index in [4.69, 9.17) is 4.74 Å². The molecule has 18 heavy (non-hydrogen) atoms. The number of benzene rings is 1. The number of hydrogen-bond acceptors (Lipinski definition) is 3. The van der Waals surface area contributed by atoms with Crippen molar-refractivity contribution < 1.29 is 4.74 Å². The molecule has 1 aliphatic heterocycles. The summed E-state index contributed by atoms with van der Waals surface area (Å²) in [4.78, 5) is 4.19. The highest BCUT2D eigenvalue weighted by Crippen LogP contribution is 2.30.